The number of carbonyl (C=O) groups is 2. The van der Waals surface area contributed by atoms with Gasteiger partial charge < -0.3 is 15.8 Å². The normalized spacial score (nSPS) is 13.1. The second-order valence-corrected chi connectivity index (χ2v) is 2.89. The number of hydrogen-bond acceptors (Lipinski definition) is 4. The number of amides is 1. The maximum atomic E-state index is 11.7. The lowest BCUT2D eigenvalue weighted by Gasteiger charge is -2.11. The van der Waals surface area contributed by atoms with Gasteiger partial charge >= 0.3 is 12.1 Å². The van der Waals surface area contributed by atoms with Crippen molar-refractivity contribution in [1.29, 1.82) is 0 Å². The van der Waals surface area contributed by atoms with Gasteiger partial charge in [0.25, 0.3) is 0 Å². The minimum absolute atomic E-state index is 0.0440. The summed E-state index contributed by atoms with van der Waals surface area (Å²) < 4.78 is 39.6. The molecule has 0 aromatic carbocycles. The number of ether oxygens (including phenoxy) is 1. The Kier molecular flexibility index (Phi) is 5.79. The molecule has 0 radical (unpaired) electrons. The van der Waals surface area contributed by atoms with E-state index in [1.165, 1.54) is 6.92 Å². The Morgan fingerprint density at radius 1 is 1.44 bits per heavy atom. The molecule has 0 fully saturated rings. The number of nitrogens with one attached hydrogen (secondary N) is 1. The summed E-state index contributed by atoms with van der Waals surface area (Å²) in [5.41, 5.74) is 5.13. The van der Waals surface area contributed by atoms with Crippen LogP contribution < -0.4 is 11.1 Å². The molecule has 0 heterocycles. The van der Waals surface area contributed by atoms with Crippen molar-refractivity contribution in [3.05, 3.63) is 0 Å². The lowest BCUT2D eigenvalue weighted by atomic mass is 10.3. The van der Waals surface area contributed by atoms with Crippen molar-refractivity contribution >= 4 is 11.9 Å². The van der Waals surface area contributed by atoms with Gasteiger partial charge in [-0.25, -0.2) is 4.79 Å². The highest BCUT2D eigenvalue weighted by molar-refractivity contribution is 6.01. The highest BCUT2D eigenvalue weighted by Gasteiger charge is 2.28. The van der Waals surface area contributed by atoms with Gasteiger partial charge in [0, 0.05) is 6.54 Å². The van der Waals surface area contributed by atoms with Gasteiger partial charge in [0.2, 0.25) is 5.91 Å². The van der Waals surface area contributed by atoms with Gasteiger partial charge in [0.1, 0.15) is 0 Å². The molecule has 3 N–H and O–H groups in total. The van der Waals surface area contributed by atoms with E-state index in [0.29, 0.717) is 0 Å². The topological polar surface area (TPSA) is 81.4 Å². The molecule has 0 spiro atoms. The summed E-state index contributed by atoms with van der Waals surface area (Å²) in [7, 11) is 0. The first-order chi connectivity index (χ1) is 7.28. The third kappa shape index (κ3) is 6.23. The maximum absolute atomic E-state index is 11.7. The molecule has 0 aromatic rings. The van der Waals surface area contributed by atoms with Gasteiger partial charge in [-0.1, -0.05) is 0 Å². The Morgan fingerprint density at radius 3 is 2.44 bits per heavy atom. The molecule has 0 rings (SSSR count). The van der Waals surface area contributed by atoms with Crippen LogP contribution in [0, 0.1) is 0 Å². The summed E-state index contributed by atoms with van der Waals surface area (Å²) in [6, 6.07) is -1.59. The molecule has 8 heteroatoms. The Balaban J connectivity index is 3.93. The van der Waals surface area contributed by atoms with E-state index < -0.39 is 37.1 Å². The largest absolute Gasteiger partial charge is 0.464 e. The van der Waals surface area contributed by atoms with Crippen molar-refractivity contribution in [2.24, 2.45) is 5.73 Å². The number of hydrogen-bond donors (Lipinski definition) is 2. The number of halogens is 3. The van der Waals surface area contributed by atoms with Gasteiger partial charge in [-0.15, -0.1) is 0 Å². The Hall–Kier alpha value is -1.31. The SMILES string of the molecule is CCOC(=O)C(N)C(=O)NCCC(F)(F)F. The van der Waals surface area contributed by atoms with Gasteiger partial charge in [0.15, 0.2) is 6.04 Å². The fourth-order valence-electron chi connectivity index (χ4n) is 0.776. The van der Waals surface area contributed by atoms with Crippen LogP contribution >= 0.6 is 0 Å². The number of rotatable bonds is 5. The van der Waals surface area contributed by atoms with Crippen LogP contribution in [0.2, 0.25) is 0 Å². The first-order valence-corrected chi connectivity index (χ1v) is 4.54. The summed E-state index contributed by atoms with van der Waals surface area (Å²) in [5, 5.41) is 1.89. The first kappa shape index (κ1) is 14.7. The summed E-state index contributed by atoms with van der Waals surface area (Å²) >= 11 is 0. The predicted molar refractivity (Wildman–Crippen MR) is 48.3 cm³/mol. The van der Waals surface area contributed by atoms with E-state index >= 15 is 0 Å². The van der Waals surface area contributed by atoms with Gasteiger partial charge in [-0.3, -0.25) is 4.79 Å². The molecule has 16 heavy (non-hydrogen) atoms. The van der Waals surface area contributed by atoms with Gasteiger partial charge in [0.05, 0.1) is 13.0 Å². The zero-order valence-corrected chi connectivity index (χ0v) is 8.63. The molecular formula is C8H13F3N2O3. The summed E-state index contributed by atoms with van der Waals surface area (Å²) in [6.45, 7) is 0.948. The smallest absolute Gasteiger partial charge is 0.390 e. The molecule has 94 valence electrons. The van der Waals surface area contributed by atoms with Crippen molar-refractivity contribution in [3.63, 3.8) is 0 Å². The van der Waals surface area contributed by atoms with Crippen LogP contribution in [-0.4, -0.2) is 37.2 Å². The summed E-state index contributed by atoms with van der Waals surface area (Å²) in [4.78, 5) is 22.0. The van der Waals surface area contributed by atoms with Crippen molar-refractivity contribution in [2.45, 2.75) is 25.6 Å². The van der Waals surface area contributed by atoms with Crippen molar-refractivity contribution in [3.8, 4) is 0 Å². The summed E-state index contributed by atoms with van der Waals surface area (Å²) in [5.74, 6) is -1.95. The average molecular weight is 242 g/mol. The zero-order chi connectivity index (χ0) is 12.8. The van der Waals surface area contributed by atoms with Crippen LogP contribution in [0.15, 0.2) is 0 Å². The second kappa shape index (κ2) is 6.31. The molecule has 5 nitrogen and oxygen atoms in total. The second-order valence-electron chi connectivity index (χ2n) is 2.89. The lowest BCUT2D eigenvalue weighted by Crippen LogP contribution is -2.47. The molecule has 1 atom stereocenters. The van der Waals surface area contributed by atoms with E-state index in [1.54, 1.807) is 0 Å². The Bertz CT molecular complexity index is 255. The Labute approximate surface area is 90.1 Å². The molecule has 1 unspecified atom stereocenters. The third-order valence-electron chi connectivity index (χ3n) is 1.53. The fourth-order valence-corrected chi connectivity index (χ4v) is 0.776. The van der Waals surface area contributed by atoms with E-state index in [0.717, 1.165) is 0 Å². The minimum Gasteiger partial charge on any atom is -0.464 e. The molecule has 0 saturated heterocycles. The number of alkyl halides is 3. The van der Waals surface area contributed by atoms with E-state index in [9.17, 15) is 22.8 Å². The maximum Gasteiger partial charge on any atom is 0.390 e. The van der Waals surface area contributed by atoms with Crippen molar-refractivity contribution < 1.29 is 27.5 Å². The van der Waals surface area contributed by atoms with E-state index in [2.05, 4.69) is 4.74 Å². The standard InChI is InChI=1S/C8H13F3N2O3/c1-2-16-7(15)5(12)6(14)13-4-3-8(9,10)11/h5H,2-4,12H2,1H3,(H,13,14). The predicted octanol–water partition coefficient (Wildman–Crippen LogP) is -0.0546. The van der Waals surface area contributed by atoms with E-state index in [4.69, 9.17) is 5.73 Å². The van der Waals surface area contributed by atoms with Crippen LogP contribution in [0.25, 0.3) is 0 Å². The number of esters is 1. The number of carbonyl (C=O) groups excluding carboxylic acids is 2. The highest BCUT2D eigenvalue weighted by atomic mass is 19.4. The van der Waals surface area contributed by atoms with Gasteiger partial charge in [-0.2, -0.15) is 13.2 Å². The van der Waals surface area contributed by atoms with Crippen LogP contribution in [0.1, 0.15) is 13.3 Å². The molecule has 0 saturated carbocycles. The molecule has 0 aliphatic rings. The summed E-state index contributed by atoms with van der Waals surface area (Å²) in [6.07, 6.45) is -5.53. The average Bonchev–Trinajstić information content (AvgIpc) is 2.14. The highest BCUT2D eigenvalue weighted by Crippen LogP contribution is 2.18. The lowest BCUT2D eigenvalue weighted by molar-refractivity contribution is -0.148. The van der Waals surface area contributed by atoms with Crippen molar-refractivity contribution in [1.82, 2.24) is 5.32 Å². The minimum atomic E-state index is -4.36. The van der Waals surface area contributed by atoms with E-state index in [-0.39, 0.29) is 6.61 Å². The molecule has 0 aliphatic heterocycles. The monoisotopic (exact) mass is 242 g/mol. The fraction of sp³-hybridized carbons (Fsp3) is 0.750. The number of nitrogens with two attached hydrogens (primary N) is 1. The van der Waals surface area contributed by atoms with Crippen LogP contribution in [0.5, 0.6) is 0 Å². The van der Waals surface area contributed by atoms with Crippen LogP contribution in [0.4, 0.5) is 13.2 Å². The molecule has 0 aliphatic carbocycles. The van der Waals surface area contributed by atoms with Crippen LogP contribution in [-0.2, 0) is 14.3 Å². The van der Waals surface area contributed by atoms with Crippen molar-refractivity contribution in [2.75, 3.05) is 13.2 Å². The first-order valence-electron chi connectivity index (χ1n) is 4.54. The van der Waals surface area contributed by atoms with Gasteiger partial charge in [-0.05, 0) is 6.92 Å². The molecule has 0 aromatic heterocycles. The molecule has 1 amide bonds. The Morgan fingerprint density at radius 2 is 2.00 bits per heavy atom. The zero-order valence-electron chi connectivity index (χ0n) is 8.63. The third-order valence-corrected chi connectivity index (χ3v) is 1.53. The molecular weight excluding hydrogens is 229 g/mol. The van der Waals surface area contributed by atoms with E-state index in [1.807, 2.05) is 5.32 Å². The quantitative estimate of drug-likeness (QED) is 0.523. The van der Waals surface area contributed by atoms with Crippen LogP contribution in [0.3, 0.4) is 0 Å². The molecule has 0 bridgehead atoms.